The first-order valence-electron chi connectivity index (χ1n) is 29.3. The molecule has 3 saturated heterocycles. The number of aryl methyl sites for hydroxylation is 1. The molecular formula is C61H81FN14O8S. The number of H-pyrrole nitrogens is 1. The maximum atomic E-state index is 14.6. The molecule has 24 heteroatoms. The summed E-state index contributed by atoms with van der Waals surface area (Å²) in [5.41, 5.74) is 4.88. The monoisotopic (exact) mass is 1190 g/mol. The fraction of sp³-hybridized carbons (Fsp3) is 0.541. The van der Waals surface area contributed by atoms with E-state index in [-0.39, 0.29) is 71.8 Å². The third kappa shape index (κ3) is 14.1. The number of carbonyl (C=O) groups excluding carboxylic acids is 2. The van der Waals surface area contributed by atoms with E-state index in [0.717, 1.165) is 46.9 Å². The Morgan fingerprint density at radius 2 is 1.60 bits per heavy atom. The summed E-state index contributed by atoms with van der Waals surface area (Å²) in [4.78, 5) is 64.1. The summed E-state index contributed by atoms with van der Waals surface area (Å²) in [5, 5.41) is 11.1. The van der Waals surface area contributed by atoms with E-state index in [1.807, 2.05) is 58.7 Å². The van der Waals surface area contributed by atoms with Crippen LogP contribution in [0.5, 0.6) is 11.5 Å². The van der Waals surface area contributed by atoms with Crippen LogP contribution in [-0.4, -0.2) is 202 Å². The molecule has 456 valence electrons. The third-order valence-electron chi connectivity index (χ3n) is 16.3. The van der Waals surface area contributed by atoms with E-state index in [2.05, 4.69) is 68.9 Å². The van der Waals surface area contributed by atoms with Crippen molar-refractivity contribution < 1.29 is 41.3 Å². The van der Waals surface area contributed by atoms with Crippen LogP contribution >= 0.6 is 0 Å². The number of hydrogen-bond acceptors (Lipinski definition) is 19. The molecule has 0 unspecified atom stereocenters. The average Bonchev–Trinajstić information content (AvgIpc) is 2.69. The largest absolute Gasteiger partial charge is 0.491 e. The van der Waals surface area contributed by atoms with Gasteiger partial charge in [0, 0.05) is 118 Å². The number of nitrogens with one attached hydrogen (secondary N) is 2. The van der Waals surface area contributed by atoms with Crippen molar-refractivity contribution in [3.05, 3.63) is 101 Å². The third-order valence-corrected chi connectivity index (χ3v) is 18.8. The van der Waals surface area contributed by atoms with Crippen LogP contribution in [0.15, 0.2) is 72.3 Å². The molecule has 8 heterocycles. The predicted octanol–water partition coefficient (Wildman–Crippen LogP) is 7.12. The first kappa shape index (κ1) is 61.0. The van der Waals surface area contributed by atoms with Gasteiger partial charge in [-0.15, -0.1) is 0 Å². The van der Waals surface area contributed by atoms with E-state index in [4.69, 9.17) is 23.9 Å². The van der Waals surface area contributed by atoms with Crippen molar-refractivity contribution in [3.63, 3.8) is 0 Å². The Morgan fingerprint density at radius 1 is 0.859 bits per heavy atom. The van der Waals surface area contributed by atoms with Crippen LogP contribution in [-0.2, 0) is 35.9 Å². The zero-order chi connectivity index (χ0) is 60.6. The maximum Gasteiger partial charge on any atom is 0.410 e. The van der Waals surface area contributed by atoms with Crippen molar-refractivity contribution in [3.8, 4) is 11.5 Å². The normalized spacial score (nSPS) is 20.0. The van der Waals surface area contributed by atoms with E-state index in [9.17, 15) is 22.4 Å². The standard InChI is InChI=1S/C61H81FN14O8S/c1-39-31-74(35-53(77)76-37-61(10,11)54-50(76)25-43(28-63-54)24-42-12-14-44(62)15-13-42)45(33-75(39)58(78)84-59(4,5)6)32-72-21-22-81-47(34-72)36-83-46-29-64-57(65-30-46)73-18-16-71(17-19-73)20-23-82-51-27-49-48(26-52(51)85(79,80)60(7,8)9)56(67-38-66-49)68-55-40(2)41(3)69-70-55/h12-15,25-30,38-39,45,47H,16-24,31-37H2,1-11H3,(H2,66,67,68,69,70)/t39-,45-,47+/m0/s1. The number of sulfone groups is 1. The predicted molar refractivity (Wildman–Crippen MR) is 322 cm³/mol. The number of aromatic nitrogens is 7. The molecule has 0 bridgehead atoms. The highest BCUT2D eigenvalue weighted by molar-refractivity contribution is 7.92. The van der Waals surface area contributed by atoms with Gasteiger partial charge in [-0.25, -0.2) is 37.5 Å². The Morgan fingerprint density at radius 3 is 2.29 bits per heavy atom. The van der Waals surface area contributed by atoms with Gasteiger partial charge in [0.05, 0.1) is 47.2 Å². The molecule has 0 aliphatic carbocycles. The molecular weight excluding hydrogens is 1110 g/mol. The lowest BCUT2D eigenvalue weighted by Gasteiger charge is -2.47. The SMILES string of the molecule is Cc1[nH]nc(Nc2ncnc3cc(OCCN4CCN(c5ncc(OC[C@H]6CN(C[C@H]7CN(C(=O)OC(C)(C)C)[C@@H](C)CN7CC(=O)N7CC(C)(C)c8ncc(Cc9ccc(F)cc9)cc87)CCO6)cn5)CC4)c(S(=O)(=O)C(C)(C)C)cc23)c1C. The lowest BCUT2D eigenvalue weighted by molar-refractivity contribution is -0.122. The number of benzene rings is 2. The molecule has 6 aromatic rings. The zero-order valence-electron chi connectivity index (χ0n) is 50.8. The van der Waals surface area contributed by atoms with Crippen molar-refractivity contribution in [2.45, 2.75) is 121 Å². The maximum absolute atomic E-state index is 14.6. The zero-order valence-corrected chi connectivity index (χ0v) is 51.6. The highest BCUT2D eigenvalue weighted by Crippen LogP contribution is 2.41. The molecule has 3 atom stereocenters. The molecule has 0 saturated carbocycles. The molecule has 4 aromatic heterocycles. The number of halogens is 1. The minimum Gasteiger partial charge on any atom is -0.491 e. The summed E-state index contributed by atoms with van der Waals surface area (Å²) in [6.45, 7) is 28.4. The Kier molecular flexibility index (Phi) is 17.7. The van der Waals surface area contributed by atoms with Crippen LogP contribution in [0.2, 0.25) is 0 Å². The lowest BCUT2D eigenvalue weighted by Crippen LogP contribution is -2.64. The second kappa shape index (κ2) is 24.7. The molecule has 2 aromatic carbocycles. The van der Waals surface area contributed by atoms with Gasteiger partial charge >= 0.3 is 6.09 Å². The molecule has 22 nitrogen and oxygen atoms in total. The van der Waals surface area contributed by atoms with Crippen LogP contribution in [0.25, 0.3) is 10.9 Å². The number of nitrogens with zero attached hydrogens (tertiary/aromatic N) is 12. The van der Waals surface area contributed by atoms with E-state index < -0.39 is 20.2 Å². The summed E-state index contributed by atoms with van der Waals surface area (Å²) >= 11 is 0. The number of rotatable bonds is 17. The van der Waals surface area contributed by atoms with Gasteiger partial charge in [-0.1, -0.05) is 26.0 Å². The molecule has 4 aliphatic heterocycles. The second-order valence-electron chi connectivity index (χ2n) is 25.5. The average molecular weight is 1190 g/mol. The number of morpholine rings is 1. The van der Waals surface area contributed by atoms with E-state index in [1.165, 1.54) is 18.5 Å². The molecule has 2 N–H and O–H groups in total. The molecule has 0 radical (unpaired) electrons. The van der Waals surface area contributed by atoms with Crippen LogP contribution in [0.3, 0.4) is 0 Å². The van der Waals surface area contributed by atoms with Crippen LogP contribution in [0.1, 0.15) is 90.4 Å². The molecule has 85 heavy (non-hydrogen) atoms. The number of carbonyl (C=O) groups is 2. The van der Waals surface area contributed by atoms with E-state index in [0.29, 0.717) is 106 Å². The van der Waals surface area contributed by atoms with Gasteiger partial charge in [-0.3, -0.25) is 29.6 Å². The Labute approximate surface area is 497 Å². The first-order valence-corrected chi connectivity index (χ1v) is 30.8. The minimum atomic E-state index is -3.85. The summed E-state index contributed by atoms with van der Waals surface area (Å²) in [6, 6.07) is 11.4. The Hall–Kier alpha value is -7.12. The molecule has 2 amide bonds. The van der Waals surface area contributed by atoms with Crippen molar-refractivity contribution in [1.29, 1.82) is 0 Å². The highest BCUT2D eigenvalue weighted by atomic mass is 32.2. The minimum absolute atomic E-state index is 0.0386. The van der Waals surface area contributed by atoms with Crippen molar-refractivity contribution in [2.75, 3.05) is 113 Å². The van der Waals surface area contributed by atoms with E-state index >= 15 is 0 Å². The summed E-state index contributed by atoms with van der Waals surface area (Å²) < 4.78 is 65.4. The van der Waals surface area contributed by atoms with Gasteiger partial charge in [0.1, 0.15) is 53.5 Å². The molecule has 4 aliphatic rings. The summed E-state index contributed by atoms with van der Waals surface area (Å²) in [7, 11) is -3.85. The first-order chi connectivity index (χ1) is 40.3. The molecule has 10 rings (SSSR count). The molecule has 3 fully saturated rings. The van der Waals surface area contributed by atoms with Crippen molar-refractivity contribution in [2.24, 2.45) is 0 Å². The number of ether oxygens (including phenoxy) is 4. The van der Waals surface area contributed by atoms with Crippen molar-refractivity contribution in [1.82, 2.24) is 54.7 Å². The van der Waals surface area contributed by atoms with Crippen molar-refractivity contribution >= 4 is 56.0 Å². The van der Waals surface area contributed by atoms with Gasteiger partial charge in [0.2, 0.25) is 11.9 Å². The number of pyridine rings is 1. The number of fused-ring (bicyclic) bond motifs is 2. The smallest absolute Gasteiger partial charge is 0.410 e. The number of hydrogen-bond donors (Lipinski definition) is 2. The number of piperazine rings is 2. The topological polar surface area (TPSA) is 230 Å². The fourth-order valence-electron chi connectivity index (χ4n) is 11.3. The van der Waals surface area contributed by atoms with Gasteiger partial charge in [-0.2, -0.15) is 5.10 Å². The molecule has 0 spiro atoms. The van der Waals surface area contributed by atoms with Crippen LogP contribution in [0.4, 0.5) is 32.5 Å². The lowest BCUT2D eigenvalue weighted by atomic mass is 9.91. The number of amides is 2. The number of anilines is 4. The van der Waals surface area contributed by atoms with Gasteiger partial charge in [-0.05, 0) is 104 Å². The fourth-order valence-corrected chi connectivity index (χ4v) is 12.6. The van der Waals surface area contributed by atoms with E-state index in [1.54, 1.807) is 62.3 Å². The van der Waals surface area contributed by atoms with Gasteiger partial charge < -0.3 is 39.0 Å². The van der Waals surface area contributed by atoms with Crippen LogP contribution < -0.4 is 24.6 Å². The Bertz CT molecular complexity index is 3480. The summed E-state index contributed by atoms with van der Waals surface area (Å²) in [6.07, 6.45) is 6.58. The second-order valence-corrected chi connectivity index (χ2v) is 28.2. The van der Waals surface area contributed by atoms with Gasteiger partial charge in [0.15, 0.2) is 21.4 Å². The van der Waals surface area contributed by atoms with Gasteiger partial charge in [0.25, 0.3) is 0 Å². The van der Waals surface area contributed by atoms with Crippen LogP contribution in [0, 0.1) is 19.7 Å². The summed E-state index contributed by atoms with van der Waals surface area (Å²) in [5.74, 6) is 2.06. The number of aromatic amines is 1. The quantitative estimate of drug-likeness (QED) is 0.0926. The highest BCUT2D eigenvalue weighted by Gasteiger charge is 2.43. The Balaban J connectivity index is 0.728.